The van der Waals surface area contributed by atoms with Gasteiger partial charge in [-0.15, -0.1) is 0 Å². The fourth-order valence-corrected chi connectivity index (χ4v) is 3.90. The van der Waals surface area contributed by atoms with Gasteiger partial charge in [-0.2, -0.15) is 0 Å². The van der Waals surface area contributed by atoms with Gasteiger partial charge in [-0.1, -0.05) is 107 Å². The first kappa shape index (κ1) is 24.2. The first-order chi connectivity index (χ1) is 14.8. The summed E-state index contributed by atoms with van der Waals surface area (Å²) in [5, 5.41) is 5.36. The third-order valence-corrected chi connectivity index (χ3v) is 5.73. The van der Waals surface area contributed by atoms with Gasteiger partial charge in [0.15, 0.2) is 0 Å². The van der Waals surface area contributed by atoms with E-state index in [1.807, 2.05) is 24.3 Å². The minimum atomic E-state index is 0.129. The molecule has 0 aliphatic heterocycles. The van der Waals surface area contributed by atoms with Gasteiger partial charge in [0.1, 0.15) is 0 Å². The molecule has 0 aromatic heterocycles. The van der Waals surface area contributed by atoms with E-state index in [0.29, 0.717) is 6.42 Å². The summed E-state index contributed by atoms with van der Waals surface area (Å²) in [7, 11) is 0. The lowest BCUT2D eigenvalue weighted by Gasteiger charge is -2.08. The van der Waals surface area contributed by atoms with Crippen LogP contribution in [0.25, 0.3) is 10.8 Å². The van der Waals surface area contributed by atoms with Crippen LogP contribution in [0.1, 0.15) is 96.8 Å². The summed E-state index contributed by atoms with van der Waals surface area (Å²) < 4.78 is 0. The topological polar surface area (TPSA) is 29.1 Å². The Morgan fingerprint density at radius 3 is 2.07 bits per heavy atom. The van der Waals surface area contributed by atoms with Gasteiger partial charge in [-0.3, -0.25) is 4.79 Å². The minimum absolute atomic E-state index is 0.129. The number of rotatable bonds is 16. The average molecular weight is 408 g/mol. The molecule has 2 nitrogen and oxygen atoms in total. The van der Waals surface area contributed by atoms with E-state index in [2.05, 4.69) is 42.6 Å². The second kappa shape index (κ2) is 15.7. The van der Waals surface area contributed by atoms with Gasteiger partial charge in [-0.25, -0.2) is 0 Å². The molecular formula is C28H41NO. The Morgan fingerprint density at radius 2 is 1.33 bits per heavy atom. The lowest BCUT2D eigenvalue weighted by atomic mass is 10.1. The highest BCUT2D eigenvalue weighted by Crippen LogP contribution is 2.23. The third-order valence-electron chi connectivity index (χ3n) is 5.73. The molecule has 30 heavy (non-hydrogen) atoms. The van der Waals surface area contributed by atoms with E-state index in [1.165, 1.54) is 70.6 Å². The van der Waals surface area contributed by atoms with Gasteiger partial charge in [0.2, 0.25) is 5.91 Å². The summed E-state index contributed by atoms with van der Waals surface area (Å²) in [6, 6.07) is 14.2. The molecule has 0 unspecified atom stereocenters. The van der Waals surface area contributed by atoms with Crippen LogP contribution in [-0.4, -0.2) is 5.91 Å². The maximum Gasteiger partial charge on any atom is 0.224 e. The molecule has 0 atom stereocenters. The van der Waals surface area contributed by atoms with Crippen molar-refractivity contribution in [3.05, 3.63) is 54.6 Å². The molecular weight excluding hydrogens is 366 g/mol. The molecule has 2 aromatic carbocycles. The number of hydrogen-bond donors (Lipinski definition) is 1. The van der Waals surface area contributed by atoms with Gasteiger partial charge in [-0.05, 0) is 43.6 Å². The Kier molecular flexibility index (Phi) is 12.7. The van der Waals surface area contributed by atoms with Crippen molar-refractivity contribution in [2.75, 3.05) is 5.32 Å². The average Bonchev–Trinajstić information content (AvgIpc) is 2.76. The molecule has 0 radical (unpaired) electrons. The van der Waals surface area contributed by atoms with Crippen molar-refractivity contribution >= 4 is 22.4 Å². The third kappa shape index (κ3) is 10.1. The van der Waals surface area contributed by atoms with Crippen molar-refractivity contribution in [3.63, 3.8) is 0 Å². The largest absolute Gasteiger partial charge is 0.326 e. The molecule has 0 heterocycles. The minimum Gasteiger partial charge on any atom is -0.326 e. The van der Waals surface area contributed by atoms with Crippen molar-refractivity contribution in [1.29, 1.82) is 0 Å². The van der Waals surface area contributed by atoms with Gasteiger partial charge in [0, 0.05) is 17.5 Å². The number of carbonyl (C=O) groups excluding carboxylic acids is 1. The van der Waals surface area contributed by atoms with Crippen LogP contribution in [0.3, 0.4) is 0 Å². The normalized spacial score (nSPS) is 11.4. The van der Waals surface area contributed by atoms with Crippen LogP contribution in [0.4, 0.5) is 5.69 Å². The van der Waals surface area contributed by atoms with E-state index in [0.717, 1.165) is 29.3 Å². The second-order valence-electron chi connectivity index (χ2n) is 8.41. The van der Waals surface area contributed by atoms with E-state index in [4.69, 9.17) is 0 Å². The van der Waals surface area contributed by atoms with Crippen molar-refractivity contribution in [1.82, 2.24) is 0 Å². The molecule has 0 bridgehead atoms. The summed E-state index contributed by atoms with van der Waals surface area (Å²) in [5.74, 6) is 0.129. The standard InChI is InChI=1S/C28H41NO/c1-2-3-4-5-6-7-8-9-10-11-12-13-14-15-16-24-28(30)29-27-23-19-21-25-20-17-18-22-26(25)27/h9-10,17-23H,2-8,11-16,24H2,1H3,(H,29,30)/b10-9-. The van der Waals surface area contributed by atoms with E-state index in [-0.39, 0.29) is 5.91 Å². The van der Waals surface area contributed by atoms with E-state index >= 15 is 0 Å². The Balaban J connectivity index is 1.45. The van der Waals surface area contributed by atoms with Crippen molar-refractivity contribution < 1.29 is 4.79 Å². The van der Waals surface area contributed by atoms with E-state index < -0.39 is 0 Å². The maximum atomic E-state index is 12.3. The zero-order chi connectivity index (χ0) is 21.3. The summed E-state index contributed by atoms with van der Waals surface area (Å²) in [6.07, 6.45) is 22.0. The van der Waals surface area contributed by atoms with E-state index in [9.17, 15) is 4.79 Å². The van der Waals surface area contributed by atoms with Gasteiger partial charge >= 0.3 is 0 Å². The SMILES string of the molecule is CCCCCCCC/C=C\CCCCCCCC(=O)Nc1cccc2ccccc12. The number of nitrogens with one attached hydrogen (secondary N) is 1. The molecule has 0 aliphatic carbocycles. The van der Waals surface area contributed by atoms with Crippen LogP contribution < -0.4 is 5.32 Å². The Bertz CT molecular complexity index is 744. The summed E-state index contributed by atoms with van der Waals surface area (Å²) in [6.45, 7) is 2.27. The molecule has 164 valence electrons. The quantitative estimate of drug-likeness (QED) is 0.218. The van der Waals surface area contributed by atoms with Crippen molar-refractivity contribution in [3.8, 4) is 0 Å². The predicted octanol–water partition coefficient (Wildman–Crippen LogP) is 8.82. The molecule has 1 amide bonds. The maximum absolute atomic E-state index is 12.3. The summed E-state index contributed by atoms with van der Waals surface area (Å²) >= 11 is 0. The molecule has 0 fully saturated rings. The highest BCUT2D eigenvalue weighted by atomic mass is 16.1. The van der Waals surface area contributed by atoms with Crippen LogP contribution in [0.15, 0.2) is 54.6 Å². The number of unbranched alkanes of at least 4 members (excludes halogenated alkanes) is 11. The van der Waals surface area contributed by atoms with E-state index in [1.54, 1.807) is 0 Å². The zero-order valence-electron chi connectivity index (χ0n) is 19.0. The van der Waals surface area contributed by atoms with Crippen LogP contribution in [0, 0.1) is 0 Å². The van der Waals surface area contributed by atoms with Crippen LogP contribution in [0.5, 0.6) is 0 Å². The monoisotopic (exact) mass is 407 g/mol. The number of allylic oxidation sites excluding steroid dienone is 2. The number of carbonyl (C=O) groups is 1. The zero-order valence-corrected chi connectivity index (χ0v) is 19.0. The smallest absolute Gasteiger partial charge is 0.224 e. The fourth-order valence-electron chi connectivity index (χ4n) is 3.90. The number of hydrogen-bond acceptors (Lipinski definition) is 1. The Morgan fingerprint density at radius 1 is 0.733 bits per heavy atom. The molecule has 0 aliphatic rings. The highest BCUT2D eigenvalue weighted by Gasteiger charge is 2.05. The molecule has 2 rings (SSSR count). The lowest BCUT2D eigenvalue weighted by Crippen LogP contribution is -2.11. The van der Waals surface area contributed by atoms with Gasteiger partial charge < -0.3 is 5.32 Å². The Hall–Kier alpha value is -2.09. The van der Waals surface area contributed by atoms with Gasteiger partial charge in [0.05, 0.1) is 0 Å². The number of benzene rings is 2. The molecule has 2 aromatic rings. The van der Waals surface area contributed by atoms with Crippen LogP contribution >= 0.6 is 0 Å². The first-order valence-electron chi connectivity index (χ1n) is 12.2. The summed E-state index contributed by atoms with van der Waals surface area (Å²) in [5.41, 5.74) is 0.922. The van der Waals surface area contributed by atoms with Crippen LogP contribution in [-0.2, 0) is 4.79 Å². The lowest BCUT2D eigenvalue weighted by molar-refractivity contribution is -0.116. The van der Waals surface area contributed by atoms with Crippen molar-refractivity contribution in [2.45, 2.75) is 96.8 Å². The predicted molar refractivity (Wildman–Crippen MR) is 132 cm³/mol. The van der Waals surface area contributed by atoms with Crippen molar-refractivity contribution in [2.24, 2.45) is 0 Å². The number of fused-ring (bicyclic) bond motifs is 1. The molecule has 2 heteroatoms. The number of amides is 1. The molecule has 0 saturated carbocycles. The Labute approximate surface area is 184 Å². The molecule has 0 saturated heterocycles. The van der Waals surface area contributed by atoms with Gasteiger partial charge in [0.25, 0.3) is 0 Å². The first-order valence-corrected chi connectivity index (χ1v) is 12.2. The fraction of sp³-hybridized carbons (Fsp3) is 0.536. The van der Waals surface area contributed by atoms with Crippen LogP contribution in [0.2, 0.25) is 0 Å². The highest BCUT2D eigenvalue weighted by molar-refractivity contribution is 6.02. The number of anilines is 1. The molecule has 0 spiro atoms. The molecule has 1 N–H and O–H groups in total. The second-order valence-corrected chi connectivity index (χ2v) is 8.41. The summed E-state index contributed by atoms with van der Waals surface area (Å²) in [4.78, 5) is 12.3.